The third kappa shape index (κ3) is 1.56. The molecule has 1 heterocycles. The minimum absolute atomic E-state index is 0.143. The molecule has 0 bridgehead atoms. The zero-order chi connectivity index (χ0) is 6.69. The average Bonchev–Trinajstić information content (AvgIpc) is 1.88. The van der Waals surface area contributed by atoms with E-state index >= 15 is 0 Å². The Morgan fingerprint density at radius 2 is 2.67 bits per heavy atom. The summed E-state index contributed by atoms with van der Waals surface area (Å²) in [6.07, 6.45) is 5.51. The molecule has 2 heteroatoms. The van der Waals surface area contributed by atoms with E-state index in [-0.39, 0.29) is 11.9 Å². The Morgan fingerprint density at radius 3 is 3.11 bits per heavy atom. The first-order valence-electron chi connectivity index (χ1n) is 3.29. The predicted molar refractivity (Wildman–Crippen MR) is 36.0 cm³/mol. The highest BCUT2D eigenvalue weighted by molar-refractivity contribution is 5.79. The maximum atomic E-state index is 10.7. The largest absolute Gasteiger partial charge is 0.350 e. The van der Waals surface area contributed by atoms with Crippen molar-refractivity contribution in [1.82, 2.24) is 5.32 Å². The molecule has 1 rings (SSSR count). The summed E-state index contributed by atoms with van der Waals surface area (Å²) in [7, 11) is 0. The third-order valence-electron chi connectivity index (χ3n) is 1.46. The van der Waals surface area contributed by atoms with Gasteiger partial charge in [0.05, 0.1) is 0 Å². The number of hydrogen-bond acceptors (Lipinski definition) is 1. The van der Waals surface area contributed by atoms with E-state index < -0.39 is 0 Å². The lowest BCUT2D eigenvalue weighted by atomic mass is 10.1. The fourth-order valence-corrected chi connectivity index (χ4v) is 0.891. The second-order valence-corrected chi connectivity index (χ2v) is 2.21. The quantitative estimate of drug-likeness (QED) is 0.517. The zero-order valence-electron chi connectivity index (χ0n) is 5.55. The first-order valence-corrected chi connectivity index (χ1v) is 3.29. The number of nitrogens with one attached hydrogen (secondary N) is 1. The topological polar surface area (TPSA) is 29.1 Å². The number of carbonyl (C=O) groups excluding carboxylic acids is 1. The van der Waals surface area contributed by atoms with E-state index in [0.717, 1.165) is 6.42 Å². The normalized spacial score (nSPS) is 25.9. The van der Waals surface area contributed by atoms with Crippen molar-refractivity contribution in [2.45, 2.75) is 25.8 Å². The second-order valence-electron chi connectivity index (χ2n) is 2.21. The molecule has 1 amide bonds. The lowest BCUT2D eigenvalue weighted by molar-refractivity contribution is -0.121. The van der Waals surface area contributed by atoms with Crippen LogP contribution in [0.5, 0.6) is 0 Å². The standard InChI is InChI=1S/C7H11NO/c1-2-6-4-3-5-7(9)8-6/h3-4,6H,2,5H2,1H3,(H,8,9). The van der Waals surface area contributed by atoms with E-state index in [1.54, 1.807) is 0 Å². The monoisotopic (exact) mass is 125 g/mol. The molecule has 50 valence electrons. The van der Waals surface area contributed by atoms with Crippen LogP contribution in [-0.4, -0.2) is 11.9 Å². The molecule has 0 aliphatic carbocycles. The van der Waals surface area contributed by atoms with E-state index in [9.17, 15) is 4.79 Å². The highest BCUT2D eigenvalue weighted by Crippen LogP contribution is 2.00. The van der Waals surface area contributed by atoms with Crippen molar-refractivity contribution < 1.29 is 4.79 Å². The minimum Gasteiger partial charge on any atom is -0.350 e. The van der Waals surface area contributed by atoms with Gasteiger partial charge in [0.15, 0.2) is 0 Å². The molecule has 1 atom stereocenters. The summed E-state index contributed by atoms with van der Waals surface area (Å²) in [5.41, 5.74) is 0. The first-order chi connectivity index (χ1) is 4.33. The van der Waals surface area contributed by atoms with Crippen molar-refractivity contribution in [2.24, 2.45) is 0 Å². The van der Waals surface area contributed by atoms with Crippen LogP contribution in [0.2, 0.25) is 0 Å². The number of amides is 1. The smallest absolute Gasteiger partial charge is 0.224 e. The van der Waals surface area contributed by atoms with Crippen molar-refractivity contribution in [1.29, 1.82) is 0 Å². The number of hydrogen-bond donors (Lipinski definition) is 1. The Balaban J connectivity index is 2.49. The lowest BCUT2D eigenvalue weighted by Gasteiger charge is -2.15. The highest BCUT2D eigenvalue weighted by atomic mass is 16.1. The Bertz CT molecular complexity index is 140. The van der Waals surface area contributed by atoms with Gasteiger partial charge in [0.25, 0.3) is 0 Å². The minimum atomic E-state index is 0.143. The van der Waals surface area contributed by atoms with Gasteiger partial charge in [-0.2, -0.15) is 0 Å². The van der Waals surface area contributed by atoms with E-state index in [1.165, 1.54) is 0 Å². The summed E-state index contributed by atoms with van der Waals surface area (Å²) in [5, 5.41) is 2.84. The molecule has 0 spiro atoms. The van der Waals surface area contributed by atoms with Crippen LogP contribution in [0.4, 0.5) is 0 Å². The summed E-state index contributed by atoms with van der Waals surface area (Å²) >= 11 is 0. The van der Waals surface area contributed by atoms with Gasteiger partial charge in [-0.1, -0.05) is 19.1 Å². The molecular weight excluding hydrogens is 114 g/mol. The predicted octanol–water partition coefficient (Wildman–Crippen LogP) is 0.841. The van der Waals surface area contributed by atoms with Gasteiger partial charge in [-0.05, 0) is 6.42 Å². The van der Waals surface area contributed by atoms with Crippen LogP contribution in [0.25, 0.3) is 0 Å². The zero-order valence-corrected chi connectivity index (χ0v) is 5.55. The Labute approximate surface area is 54.9 Å². The van der Waals surface area contributed by atoms with Crippen LogP contribution < -0.4 is 5.32 Å². The fourth-order valence-electron chi connectivity index (χ4n) is 0.891. The van der Waals surface area contributed by atoms with Crippen LogP contribution >= 0.6 is 0 Å². The van der Waals surface area contributed by atoms with Crippen LogP contribution in [0, 0.1) is 0 Å². The molecule has 0 aromatic carbocycles. The van der Waals surface area contributed by atoms with E-state index in [4.69, 9.17) is 0 Å². The molecule has 1 aliphatic heterocycles. The average molecular weight is 125 g/mol. The van der Waals surface area contributed by atoms with Crippen molar-refractivity contribution in [3.05, 3.63) is 12.2 Å². The van der Waals surface area contributed by atoms with Gasteiger partial charge in [0.2, 0.25) is 5.91 Å². The molecule has 1 unspecified atom stereocenters. The first kappa shape index (κ1) is 6.33. The maximum absolute atomic E-state index is 10.7. The molecule has 0 fully saturated rings. The molecule has 1 N–H and O–H groups in total. The Kier molecular flexibility index (Phi) is 1.88. The summed E-state index contributed by atoms with van der Waals surface area (Å²) in [5.74, 6) is 0.143. The molecule has 9 heavy (non-hydrogen) atoms. The Hall–Kier alpha value is -0.790. The van der Waals surface area contributed by atoms with Gasteiger partial charge in [0.1, 0.15) is 0 Å². The lowest BCUT2D eigenvalue weighted by Crippen LogP contribution is -2.34. The van der Waals surface area contributed by atoms with E-state index in [0.29, 0.717) is 6.42 Å². The van der Waals surface area contributed by atoms with Crippen LogP contribution in [0.3, 0.4) is 0 Å². The van der Waals surface area contributed by atoms with Gasteiger partial charge in [0, 0.05) is 12.5 Å². The molecular formula is C7H11NO. The fraction of sp³-hybridized carbons (Fsp3) is 0.571. The second kappa shape index (κ2) is 2.67. The Morgan fingerprint density at radius 1 is 1.89 bits per heavy atom. The maximum Gasteiger partial charge on any atom is 0.224 e. The summed E-state index contributed by atoms with van der Waals surface area (Å²) < 4.78 is 0. The molecule has 0 saturated heterocycles. The van der Waals surface area contributed by atoms with Crippen LogP contribution in [0.15, 0.2) is 12.2 Å². The van der Waals surface area contributed by atoms with Crippen LogP contribution in [-0.2, 0) is 4.79 Å². The van der Waals surface area contributed by atoms with E-state index in [2.05, 4.69) is 12.2 Å². The summed E-state index contributed by atoms with van der Waals surface area (Å²) in [6, 6.07) is 0.284. The van der Waals surface area contributed by atoms with E-state index in [1.807, 2.05) is 12.2 Å². The van der Waals surface area contributed by atoms with Gasteiger partial charge in [-0.15, -0.1) is 0 Å². The molecule has 1 aliphatic rings. The van der Waals surface area contributed by atoms with Crippen LogP contribution in [0.1, 0.15) is 19.8 Å². The molecule has 0 saturated carbocycles. The highest BCUT2D eigenvalue weighted by Gasteiger charge is 2.09. The van der Waals surface area contributed by atoms with Gasteiger partial charge < -0.3 is 5.32 Å². The number of rotatable bonds is 1. The molecule has 2 nitrogen and oxygen atoms in total. The van der Waals surface area contributed by atoms with Crippen molar-refractivity contribution in [2.75, 3.05) is 0 Å². The van der Waals surface area contributed by atoms with Gasteiger partial charge in [-0.3, -0.25) is 4.79 Å². The summed E-state index contributed by atoms with van der Waals surface area (Å²) in [6.45, 7) is 2.06. The summed E-state index contributed by atoms with van der Waals surface area (Å²) in [4.78, 5) is 10.7. The molecule has 0 aromatic heterocycles. The number of carbonyl (C=O) groups is 1. The SMILES string of the molecule is CCC1C=CCC(=O)N1. The van der Waals surface area contributed by atoms with Gasteiger partial charge >= 0.3 is 0 Å². The van der Waals surface area contributed by atoms with Crippen molar-refractivity contribution >= 4 is 5.91 Å². The van der Waals surface area contributed by atoms with Crippen molar-refractivity contribution in [3.63, 3.8) is 0 Å². The molecule has 0 aromatic rings. The third-order valence-corrected chi connectivity index (χ3v) is 1.46. The van der Waals surface area contributed by atoms with Gasteiger partial charge in [-0.25, -0.2) is 0 Å². The van der Waals surface area contributed by atoms with Crippen molar-refractivity contribution in [3.8, 4) is 0 Å². The molecule has 0 radical (unpaired) electrons.